The fraction of sp³-hybridized carbons (Fsp3) is 0.0909. The summed E-state index contributed by atoms with van der Waals surface area (Å²) < 4.78 is 14.0. The Morgan fingerprint density at radius 3 is 3.06 bits per heavy atom. The predicted molar refractivity (Wildman–Crippen MR) is 67.8 cm³/mol. The number of nitrogens with one attached hydrogen (secondary N) is 1. The monoisotopic (exact) mass is 264 g/mol. The van der Waals surface area contributed by atoms with E-state index in [-0.39, 0.29) is 16.3 Å². The van der Waals surface area contributed by atoms with Gasteiger partial charge in [0.15, 0.2) is 0 Å². The summed E-state index contributed by atoms with van der Waals surface area (Å²) in [6.07, 6.45) is 1.35. The van der Waals surface area contributed by atoms with Crippen LogP contribution in [-0.2, 0) is 0 Å². The maximum absolute atomic E-state index is 12.9. The van der Waals surface area contributed by atoms with E-state index in [1.807, 2.05) is 0 Å². The van der Waals surface area contributed by atoms with Crippen LogP contribution in [0.15, 0.2) is 34.2 Å². The lowest BCUT2D eigenvalue weighted by Gasteiger charge is -1.99. The van der Waals surface area contributed by atoms with Crippen LogP contribution in [-0.4, -0.2) is 21.1 Å². The molecule has 1 aromatic heterocycles. The Morgan fingerprint density at radius 2 is 2.33 bits per heavy atom. The van der Waals surface area contributed by atoms with Crippen molar-refractivity contribution in [2.24, 2.45) is 5.10 Å². The van der Waals surface area contributed by atoms with E-state index in [1.54, 1.807) is 19.1 Å². The molecule has 0 radical (unpaired) electrons. The largest absolute Gasteiger partial charge is 0.296 e. The molecule has 0 atom stereocenters. The molecule has 0 saturated carbocycles. The molecule has 5 nitrogen and oxygen atoms in total. The van der Waals surface area contributed by atoms with Crippen LogP contribution in [0.4, 0.5) is 4.39 Å². The fourth-order valence-corrected chi connectivity index (χ4v) is 1.46. The standard InChI is InChI=1S/C11H9FN4OS/c1-7-10(17)16(11(18)15-14-7)13-6-8-3-2-4-9(12)5-8/h2-6H,1H3,(H,15,18)/b13-6+. The number of nitrogens with zero attached hydrogens (tertiary/aromatic N) is 3. The van der Waals surface area contributed by atoms with Crippen LogP contribution in [0.1, 0.15) is 11.3 Å². The number of halogens is 1. The summed E-state index contributed by atoms with van der Waals surface area (Å²) in [5.41, 5.74) is 0.372. The van der Waals surface area contributed by atoms with Gasteiger partial charge < -0.3 is 0 Å². The lowest BCUT2D eigenvalue weighted by molar-refractivity contribution is 0.627. The molecule has 0 aliphatic heterocycles. The molecule has 1 N–H and O–H groups in total. The molecule has 2 aromatic rings. The molecule has 0 aliphatic carbocycles. The van der Waals surface area contributed by atoms with Gasteiger partial charge in [-0.2, -0.15) is 14.9 Å². The van der Waals surface area contributed by atoms with Gasteiger partial charge in [-0.25, -0.2) is 4.39 Å². The number of H-pyrrole nitrogens is 1. The van der Waals surface area contributed by atoms with E-state index in [2.05, 4.69) is 15.3 Å². The zero-order valence-electron chi connectivity index (χ0n) is 9.42. The molecule has 0 amide bonds. The van der Waals surface area contributed by atoms with E-state index >= 15 is 0 Å². The smallest absolute Gasteiger partial charge is 0.265 e. The zero-order valence-corrected chi connectivity index (χ0v) is 10.2. The van der Waals surface area contributed by atoms with Crippen molar-refractivity contribution in [2.75, 3.05) is 0 Å². The first kappa shape index (κ1) is 12.3. The van der Waals surface area contributed by atoms with Crippen molar-refractivity contribution in [3.63, 3.8) is 0 Å². The zero-order chi connectivity index (χ0) is 13.1. The maximum Gasteiger partial charge on any atom is 0.296 e. The number of benzene rings is 1. The molecule has 0 spiro atoms. The molecular formula is C11H9FN4OS. The highest BCUT2D eigenvalue weighted by molar-refractivity contribution is 7.71. The number of aromatic nitrogens is 3. The fourth-order valence-electron chi connectivity index (χ4n) is 1.29. The number of aromatic amines is 1. The molecule has 2 rings (SSSR count). The molecule has 0 aliphatic rings. The second-order valence-corrected chi connectivity index (χ2v) is 3.92. The van der Waals surface area contributed by atoms with Gasteiger partial charge in [-0.05, 0) is 36.8 Å². The lowest BCUT2D eigenvalue weighted by atomic mass is 10.2. The molecule has 0 bridgehead atoms. The summed E-state index contributed by atoms with van der Waals surface area (Å²) in [7, 11) is 0. The molecule has 7 heteroatoms. The number of hydrogen-bond acceptors (Lipinski definition) is 4. The number of rotatable bonds is 2. The van der Waals surface area contributed by atoms with Crippen LogP contribution in [0.25, 0.3) is 0 Å². The summed E-state index contributed by atoms with van der Waals surface area (Å²) in [5.74, 6) is -0.373. The van der Waals surface area contributed by atoms with Crippen LogP contribution in [0.3, 0.4) is 0 Å². The molecule has 1 heterocycles. The van der Waals surface area contributed by atoms with Gasteiger partial charge in [0, 0.05) is 0 Å². The molecule has 0 saturated heterocycles. The third-order valence-corrected chi connectivity index (χ3v) is 2.45. The van der Waals surface area contributed by atoms with Gasteiger partial charge in [-0.15, -0.1) is 0 Å². The SMILES string of the molecule is Cc1n[nH]c(=S)n(/N=C/c2cccc(F)c2)c1=O. The quantitative estimate of drug-likeness (QED) is 0.662. The van der Waals surface area contributed by atoms with Gasteiger partial charge in [0.25, 0.3) is 5.56 Å². The second-order valence-electron chi connectivity index (χ2n) is 3.53. The minimum absolute atomic E-state index is 0.0817. The highest BCUT2D eigenvalue weighted by Gasteiger charge is 2.00. The van der Waals surface area contributed by atoms with Gasteiger partial charge >= 0.3 is 0 Å². The Morgan fingerprint density at radius 1 is 1.56 bits per heavy atom. The van der Waals surface area contributed by atoms with Crippen molar-refractivity contribution in [1.29, 1.82) is 0 Å². The van der Waals surface area contributed by atoms with Crippen molar-refractivity contribution in [2.45, 2.75) is 6.92 Å². The normalized spacial score (nSPS) is 11.0. The Kier molecular flexibility index (Phi) is 3.42. The van der Waals surface area contributed by atoms with E-state index < -0.39 is 5.56 Å². The van der Waals surface area contributed by atoms with Gasteiger partial charge in [-0.3, -0.25) is 9.89 Å². The van der Waals surface area contributed by atoms with Crippen LogP contribution >= 0.6 is 12.2 Å². The van der Waals surface area contributed by atoms with Gasteiger partial charge in [0.1, 0.15) is 11.5 Å². The molecule has 92 valence electrons. The lowest BCUT2D eigenvalue weighted by Crippen LogP contribution is -2.22. The molecule has 0 unspecified atom stereocenters. The summed E-state index contributed by atoms with van der Waals surface area (Å²) in [5, 5.41) is 10.1. The highest BCUT2D eigenvalue weighted by atomic mass is 32.1. The Labute approximate surface area is 107 Å². The highest BCUT2D eigenvalue weighted by Crippen LogP contribution is 2.00. The van der Waals surface area contributed by atoms with E-state index in [1.165, 1.54) is 18.3 Å². The van der Waals surface area contributed by atoms with Crippen molar-refractivity contribution >= 4 is 18.4 Å². The summed E-state index contributed by atoms with van der Waals surface area (Å²) >= 11 is 4.90. The van der Waals surface area contributed by atoms with Crippen LogP contribution in [0.2, 0.25) is 0 Å². The molecule has 1 aromatic carbocycles. The first-order chi connectivity index (χ1) is 8.58. The molecule has 18 heavy (non-hydrogen) atoms. The van der Waals surface area contributed by atoms with Crippen LogP contribution in [0.5, 0.6) is 0 Å². The second kappa shape index (κ2) is 5.01. The van der Waals surface area contributed by atoms with E-state index in [0.717, 1.165) is 4.68 Å². The predicted octanol–water partition coefficient (Wildman–Crippen LogP) is 1.63. The van der Waals surface area contributed by atoms with Gasteiger partial charge in [0.2, 0.25) is 4.77 Å². The van der Waals surface area contributed by atoms with Crippen molar-refractivity contribution in [3.05, 3.63) is 56.5 Å². The number of hydrogen-bond donors (Lipinski definition) is 1. The third-order valence-electron chi connectivity index (χ3n) is 2.18. The topological polar surface area (TPSA) is 63.0 Å². The minimum atomic E-state index is -0.411. The van der Waals surface area contributed by atoms with Gasteiger partial charge in [-0.1, -0.05) is 12.1 Å². The van der Waals surface area contributed by atoms with Crippen molar-refractivity contribution < 1.29 is 4.39 Å². The first-order valence-electron chi connectivity index (χ1n) is 5.06. The average molecular weight is 264 g/mol. The summed E-state index contributed by atoms with van der Waals surface area (Å²) in [4.78, 5) is 11.7. The van der Waals surface area contributed by atoms with Crippen molar-refractivity contribution in [3.8, 4) is 0 Å². The molecular weight excluding hydrogens is 255 g/mol. The Balaban J connectivity index is 2.44. The Bertz CT molecular complexity index is 719. The third kappa shape index (κ3) is 2.57. The van der Waals surface area contributed by atoms with Gasteiger partial charge in [0.05, 0.1) is 6.21 Å². The first-order valence-corrected chi connectivity index (χ1v) is 5.47. The summed E-state index contributed by atoms with van der Waals surface area (Å²) in [6.45, 7) is 1.54. The summed E-state index contributed by atoms with van der Waals surface area (Å²) in [6, 6.07) is 5.85. The van der Waals surface area contributed by atoms with E-state index in [4.69, 9.17) is 12.2 Å². The van der Waals surface area contributed by atoms with Crippen LogP contribution in [0, 0.1) is 17.5 Å². The average Bonchev–Trinajstić information content (AvgIpc) is 2.34. The molecule has 0 fully saturated rings. The maximum atomic E-state index is 12.9. The van der Waals surface area contributed by atoms with E-state index in [0.29, 0.717) is 5.56 Å². The Hall–Kier alpha value is -2.15. The van der Waals surface area contributed by atoms with Crippen LogP contribution < -0.4 is 5.56 Å². The minimum Gasteiger partial charge on any atom is -0.265 e. The van der Waals surface area contributed by atoms with Crippen molar-refractivity contribution in [1.82, 2.24) is 14.9 Å². The number of aryl methyl sites for hydroxylation is 1. The van der Waals surface area contributed by atoms with E-state index in [9.17, 15) is 9.18 Å².